The lowest BCUT2D eigenvalue weighted by Crippen LogP contribution is -2.46. The third-order valence-electron chi connectivity index (χ3n) is 7.23. The molecule has 0 unspecified atom stereocenters. The maximum atomic E-state index is 12.2. The van der Waals surface area contributed by atoms with Crippen molar-refractivity contribution < 1.29 is 19.4 Å². The fourth-order valence-corrected chi connectivity index (χ4v) is 4.91. The number of piperidine rings is 1. The van der Waals surface area contributed by atoms with Crippen LogP contribution in [0.1, 0.15) is 48.0 Å². The number of hydrogen-bond donors (Lipinski definition) is 3. The number of nitrogens with two attached hydrogens (primary N) is 1. The summed E-state index contributed by atoms with van der Waals surface area (Å²) in [6, 6.07) is 17.8. The molecule has 1 aromatic heterocycles. The van der Waals surface area contributed by atoms with Gasteiger partial charge < -0.3 is 15.6 Å². The summed E-state index contributed by atoms with van der Waals surface area (Å²) in [5, 5.41) is 27.2. The number of amides is 2. The molecule has 2 fully saturated rings. The molecule has 196 valence electrons. The molecule has 0 radical (unpaired) electrons. The van der Waals surface area contributed by atoms with Crippen molar-refractivity contribution in [3.63, 3.8) is 0 Å². The summed E-state index contributed by atoms with van der Waals surface area (Å²) < 4.78 is 6.82. The molecule has 1 aliphatic carbocycles. The Labute approximate surface area is 220 Å². The Hall–Kier alpha value is -4.36. The van der Waals surface area contributed by atoms with E-state index in [1.54, 1.807) is 10.7 Å². The number of benzene rings is 2. The van der Waals surface area contributed by atoms with Gasteiger partial charge in [-0.3, -0.25) is 19.7 Å². The lowest BCUT2D eigenvalue weighted by molar-refractivity contribution is 0.0966. The van der Waals surface area contributed by atoms with Crippen LogP contribution in [0.4, 0.5) is 10.6 Å². The largest absolute Gasteiger partial charge is 0.507 e. The second kappa shape index (κ2) is 10.6. The number of anilines is 1. The fourth-order valence-electron chi connectivity index (χ4n) is 4.91. The van der Waals surface area contributed by atoms with Crippen molar-refractivity contribution in [3.05, 3.63) is 65.9 Å². The van der Waals surface area contributed by atoms with Gasteiger partial charge in [0, 0.05) is 31.4 Å². The van der Waals surface area contributed by atoms with Crippen molar-refractivity contribution >= 4 is 17.8 Å². The molecule has 10 heteroatoms. The number of rotatable bonds is 8. The minimum absolute atomic E-state index is 0.0388. The predicted molar refractivity (Wildman–Crippen MR) is 140 cm³/mol. The molecule has 1 saturated carbocycles. The summed E-state index contributed by atoms with van der Waals surface area (Å²) in [6.07, 6.45) is 3.81. The van der Waals surface area contributed by atoms with Gasteiger partial charge in [-0.25, -0.2) is 4.79 Å². The van der Waals surface area contributed by atoms with Gasteiger partial charge in [-0.2, -0.15) is 10.4 Å². The van der Waals surface area contributed by atoms with E-state index in [2.05, 4.69) is 21.4 Å². The van der Waals surface area contributed by atoms with Gasteiger partial charge in [0.05, 0.1) is 18.0 Å². The second-order valence-electron chi connectivity index (χ2n) is 9.98. The first-order chi connectivity index (χ1) is 18.4. The summed E-state index contributed by atoms with van der Waals surface area (Å²) >= 11 is 0. The van der Waals surface area contributed by atoms with Crippen molar-refractivity contribution in [1.29, 1.82) is 5.26 Å². The van der Waals surface area contributed by atoms with Gasteiger partial charge >= 0.3 is 6.09 Å². The Morgan fingerprint density at radius 3 is 2.55 bits per heavy atom. The molecule has 2 aromatic carbocycles. The van der Waals surface area contributed by atoms with Crippen LogP contribution >= 0.6 is 0 Å². The van der Waals surface area contributed by atoms with E-state index in [9.17, 15) is 20.0 Å². The molecule has 1 saturated heterocycles. The number of ether oxygens (including phenoxy) is 1. The topological polar surface area (TPSA) is 146 Å². The molecule has 38 heavy (non-hydrogen) atoms. The molecule has 0 atom stereocenters. The van der Waals surface area contributed by atoms with Crippen LogP contribution in [0, 0.1) is 11.3 Å². The summed E-state index contributed by atoms with van der Waals surface area (Å²) in [5.74, 6) is -0.446. The molecule has 1 aliphatic heterocycles. The van der Waals surface area contributed by atoms with Crippen LogP contribution in [0.5, 0.6) is 5.75 Å². The Morgan fingerprint density at radius 2 is 1.92 bits per heavy atom. The van der Waals surface area contributed by atoms with Crippen LogP contribution in [0.3, 0.4) is 0 Å². The normalized spacial score (nSPS) is 16.9. The number of aromatic hydroxyl groups is 1. The average Bonchev–Trinajstić information content (AvgIpc) is 3.61. The van der Waals surface area contributed by atoms with Crippen LogP contribution in [-0.4, -0.2) is 51.0 Å². The van der Waals surface area contributed by atoms with Gasteiger partial charge in [0.15, 0.2) is 5.82 Å². The van der Waals surface area contributed by atoms with E-state index >= 15 is 0 Å². The van der Waals surface area contributed by atoms with E-state index in [1.807, 2.05) is 42.5 Å². The summed E-state index contributed by atoms with van der Waals surface area (Å²) in [6.45, 7) is 2.01. The summed E-state index contributed by atoms with van der Waals surface area (Å²) in [4.78, 5) is 26.5. The third-order valence-corrected chi connectivity index (χ3v) is 7.23. The molecule has 5 rings (SSSR count). The van der Waals surface area contributed by atoms with E-state index in [0.29, 0.717) is 32.5 Å². The minimum Gasteiger partial charge on any atom is -0.507 e. The first-order valence-corrected chi connectivity index (χ1v) is 12.7. The Kier molecular flexibility index (Phi) is 7.03. The van der Waals surface area contributed by atoms with Crippen LogP contribution < -0.4 is 11.1 Å². The van der Waals surface area contributed by atoms with Gasteiger partial charge in [-0.05, 0) is 42.9 Å². The van der Waals surface area contributed by atoms with E-state index < -0.39 is 17.5 Å². The lowest BCUT2D eigenvalue weighted by atomic mass is 9.84. The number of carbonyl (C=O) groups excluding carboxylic acids is 2. The molecule has 0 spiro atoms. The second-order valence-corrected chi connectivity index (χ2v) is 9.98. The Bertz CT molecular complexity index is 1370. The number of nitriles is 1. The van der Waals surface area contributed by atoms with Gasteiger partial charge in [0.1, 0.15) is 17.4 Å². The van der Waals surface area contributed by atoms with Crippen LogP contribution in [-0.2, 0) is 16.8 Å². The van der Waals surface area contributed by atoms with Crippen LogP contribution in [0.25, 0.3) is 11.1 Å². The monoisotopic (exact) mass is 514 g/mol. The number of hydrogen-bond acceptors (Lipinski definition) is 7. The zero-order valence-electron chi connectivity index (χ0n) is 21.0. The van der Waals surface area contributed by atoms with E-state index in [4.69, 9.17) is 10.5 Å². The Morgan fingerprint density at radius 1 is 1.18 bits per heavy atom. The number of phenols is 1. The molecule has 2 aliphatic rings. The highest BCUT2D eigenvalue weighted by Crippen LogP contribution is 2.36. The van der Waals surface area contributed by atoms with Crippen molar-refractivity contribution in [1.82, 2.24) is 14.7 Å². The SMILES string of the molecule is N#CCC1(n2cc(C(N)=O)c(NC(=O)OC3CC3)n2)CCN(Cc2ccc(-c3ccccc3)c(O)c2)CC1. The van der Waals surface area contributed by atoms with E-state index in [0.717, 1.165) is 29.5 Å². The number of carbonyl (C=O) groups is 2. The van der Waals surface area contributed by atoms with Gasteiger partial charge in [-0.1, -0.05) is 42.5 Å². The number of nitrogens with zero attached hydrogens (tertiary/aromatic N) is 4. The highest BCUT2D eigenvalue weighted by atomic mass is 16.6. The number of phenolic OH excluding ortho intramolecular Hbond substituents is 1. The van der Waals surface area contributed by atoms with Crippen molar-refractivity contribution in [2.45, 2.75) is 50.3 Å². The lowest BCUT2D eigenvalue weighted by Gasteiger charge is -2.40. The number of aromatic nitrogens is 2. The van der Waals surface area contributed by atoms with Crippen molar-refractivity contribution in [2.24, 2.45) is 5.73 Å². The maximum Gasteiger partial charge on any atom is 0.413 e. The van der Waals surface area contributed by atoms with Gasteiger partial charge in [-0.15, -0.1) is 0 Å². The van der Waals surface area contributed by atoms with Crippen LogP contribution in [0.15, 0.2) is 54.7 Å². The molecule has 3 aromatic rings. The maximum absolute atomic E-state index is 12.2. The zero-order chi connectivity index (χ0) is 26.7. The molecule has 10 nitrogen and oxygen atoms in total. The summed E-state index contributed by atoms with van der Waals surface area (Å²) in [5.41, 5.74) is 7.72. The number of primary amides is 1. The molecule has 2 amide bonds. The first-order valence-electron chi connectivity index (χ1n) is 12.7. The standard InChI is InChI=1S/C28H30N6O4/c29-13-10-28(34-18-23(25(30)36)26(32-34)31-27(37)38-21-7-8-21)11-14-33(15-12-28)17-19-6-9-22(24(35)16-19)20-4-2-1-3-5-20/h1-6,9,16,18,21,35H,7-8,10-12,14-15,17H2,(H2,30,36)(H,31,32,37). The molecule has 2 heterocycles. The number of nitrogens with one attached hydrogen (secondary N) is 1. The highest BCUT2D eigenvalue weighted by molar-refractivity contribution is 6.00. The summed E-state index contributed by atoms with van der Waals surface area (Å²) in [7, 11) is 0. The smallest absolute Gasteiger partial charge is 0.413 e. The van der Waals surface area contributed by atoms with Gasteiger partial charge in [0.2, 0.25) is 0 Å². The van der Waals surface area contributed by atoms with Crippen molar-refractivity contribution in [2.75, 3.05) is 18.4 Å². The fraction of sp³-hybridized carbons (Fsp3) is 0.357. The molecule has 0 bridgehead atoms. The van der Waals surface area contributed by atoms with Crippen molar-refractivity contribution in [3.8, 4) is 22.9 Å². The van der Waals surface area contributed by atoms with Crippen LogP contribution in [0.2, 0.25) is 0 Å². The van der Waals surface area contributed by atoms with E-state index in [1.165, 1.54) is 6.20 Å². The molecule has 4 N–H and O–H groups in total. The minimum atomic E-state index is -0.721. The van der Waals surface area contributed by atoms with E-state index in [-0.39, 0.29) is 29.7 Å². The van der Waals surface area contributed by atoms with Gasteiger partial charge in [0.25, 0.3) is 5.91 Å². The Balaban J connectivity index is 1.28. The predicted octanol–water partition coefficient (Wildman–Crippen LogP) is 3.97. The quantitative estimate of drug-likeness (QED) is 0.412. The molecular weight excluding hydrogens is 484 g/mol. The molecular formula is C28H30N6O4. The number of likely N-dealkylation sites (tertiary alicyclic amines) is 1. The first kappa shape index (κ1) is 25.3. The highest BCUT2D eigenvalue weighted by Gasteiger charge is 2.38. The third kappa shape index (κ3) is 5.48. The average molecular weight is 515 g/mol. The zero-order valence-corrected chi connectivity index (χ0v) is 21.0.